The lowest BCUT2D eigenvalue weighted by atomic mass is 10.2. The van der Waals surface area contributed by atoms with Gasteiger partial charge in [-0.2, -0.15) is 0 Å². The number of aliphatic hydroxyl groups is 1. The normalized spacial score (nSPS) is 20.4. The van der Waals surface area contributed by atoms with Gasteiger partial charge in [-0.1, -0.05) is 0 Å². The second-order valence-corrected chi connectivity index (χ2v) is 4.39. The molecule has 0 amide bonds. The van der Waals surface area contributed by atoms with Crippen molar-refractivity contribution in [2.75, 3.05) is 32.9 Å². The number of carbonyl (C=O) groups excluding carboxylic acids is 1. The number of aliphatic hydroxyl groups excluding tert-OH is 1. The Morgan fingerprint density at radius 2 is 2.47 bits per heavy atom. The number of hydrogen-bond donors (Lipinski definition) is 1. The first-order chi connectivity index (χ1) is 9.24. The van der Waals surface area contributed by atoms with Crippen molar-refractivity contribution in [3.05, 3.63) is 23.7 Å². The maximum absolute atomic E-state index is 11.7. The number of nitrogens with zero attached hydrogens (tertiary/aromatic N) is 1. The van der Waals surface area contributed by atoms with Gasteiger partial charge in [-0.25, -0.2) is 4.79 Å². The molecule has 1 unspecified atom stereocenters. The summed E-state index contributed by atoms with van der Waals surface area (Å²) < 4.78 is 15.7. The zero-order valence-electron chi connectivity index (χ0n) is 11.0. The molecule has 0 aliphatic carbocycles. The van der Waals surface area contributed by atoms with Crippen LogP contribution in [0.5, 0.6) is 0 Å². The van der Waals surface area contributed by atoms with Gasteiger partial charge in [-0.15, -0.1) is 0 Å². The topological polar surface area (TPSA) is 72.1 Å². The summed E-state index contributed by atoms with van der Waals surface area (Å²) in [6.07, 6.45) is 1.32. The molecule has 0 spiro atoms. The van der Waals surface area contributed by atoms with E-state index in [1.54, 1.807) is 13.0 Å². The van der Waals surface area contributed by atoms with E-state index in [0.717, 1.165) is 6.54 Å². The van der Waals surface area contributed by atoms with Crippen molar-refractivity contribution in [1.29, 1.82) is 0 Å². The second kappa shape index (κ2) is 6.70. The minimum Gasteiger partial charge on any atom is -0.467 e. The Kier molecular flexibility index (Phi) is 4.95. The van der Waals surface area contributed by atoms with E-state index in [4.69, 9.17) is 19.0 Å². The minimum atomic E-state index is -0.363. The van der Waals surface area contributed by atoms with Crippen molar-refractivity contribution in [2.24, 2.45) is 0 Å². The fourth-order valence-electron chi connectivity index (χ4n) is 2.09. The number of ether oxygens (including phenoxy) is 2. The predicted molar refractivity (Wildman–Crippen MR) is 66.8 cm³/mol. The number of esters is 1. The third-order valence-electron chi connectivity index (χ3n) is 3.03. The Bertz CT molecular complexity index is 417. The van der Waals surface area contributed by atoms with Crippen molar-refractivity contribution in [3.8, 4) is 0 Å². The summed E-state index contributed by atoms with van der Waals surface area (Å²) in [4.78, 5) is 13.8. The maximum atomic E-state index is 11.7. The Morgan fingerprint density at radius 3 is 3.21 bits per heavy atom. The Labute approximate surface area is 111 Å². The van der Waals surface area contributed by atoms with Crippen LogP contribution in [0.15, 0.2) is 16.7 Å². The maximum Gasteiger partial charge on any atom is 0.341 e. The van der Waals surface area contributed by atoms with Gasteiger partial charge in [0, 0.05) is 13.1 Å². The molecule has 2 rings (SSSR count). The van der Waals surface area contributed by atoms with Gasteiger partial charge in [0.05, 0.1) is 38.7 Å². The molecule has 0 aromatic carbocycles. The third kappa shape index (κ3) is 3.56. The van der Waals surface area contributed by atoms with Gasteiger partial charge in [0.25, 0.3) is 0 Å². The molecule has 1 saturated heterocycles. The van der Waals surface area contributed by atoms with Crippen molar-refractivity contribution in [3.63, 3.8) is 0 Å². The van der Waals surface area contributed by atoms with Crippen molar-refractivity contribution >= 4 is 5.97 Å². The van der Waals surface area contributed by atoms with Crippen LogP contribution in [-0.2, 0) is 16.0 Å². The first-order valence-electron chi connectivity index (χ1n) is 6.43. The summed E-state index contributed by atoms with van der Waals surface area (Å²) in [7, 11) is 0. The quantitative estimate of drug-likeness (QED) is 0.791. The van der Waals surface area contributed by atoms with E-state index in [2.05, 4.69) is 4.90 Å². The van der Waals surface area contributed by atoms with Crippen LogP contribution in [0.3, 0.4) is 0 Å². The number of morpholine rings is 1. The van der Waals surface area contributed by atoms with Gasteiger partial charge in [-0.05, 0) is 13.0 Å². The Morgan fingerprint density at radius 1 is 1.63 bits per heavy atom. The molecule has 6 nitrogen and oxygen atoms in total. The lowest BCUT2D eigenvalue weighted by Crippen LogP contribution is -2.43. The lowest BCUT2D eigenvalue weighted by molar-refractivity contribution is -0.0565. The van der Waals surface area contributed by atoms with Crippen LogP contribution >= 0.6 is 0 Å². The minimum absolute atomic E-state index is 0.000607. The Hall–Kier alpha value is -1.37. The largest absolute Gasteiger partial charge is 0.467 e. The average molecular weight is 269 g/mol. The van der Waals surface area contributed by atoms with E-state index in [-0.39, 0.29) is 18.7 Å². The molecule has 0 saturated carbocycles. The molecule has 1 fully saturated rings. The van der Waals surface area contributed by atoms with Gasteiger partial charge in [0.2, 0.25) is 0 Å². The van der Waals surface area contributed by atoms with Gasteiger partial charge in [-0.3, -0.25) is 4.90 Å². The van der Waals surface area contributed by atoms with E-state index in [1.165, 1.54) is 6.26 Å². The van der Waals surface area contributed by atoms with E-state index < -0.39 is 0 Å². The molecule has 1 N–H and O–H groups in total. The molecular formula is C13H19NO5. The fourth-order valence-corrected chi connectivity index (χ4v) is 2.09. The standard InChI is InChI=1S/C13H19NO5/c1-2-17-13(16)11-3-5-19-12(11)8-14-4-6-18-10(7-14)9-15/h3,5,10,15H,2,4,6-9H2,1H3. The van der Waals surface area contributed by atoms with Crippen molar-refractivity contribution < 1.29 is 23.8 Å². The number of carbonyl (C=O) groups is 1. The first-order valence-corrected chi connectivity index (χ1v) is 6.43. The molecule has 1 aliphatic heterocycles. The highest BCUT2D eigenvalue weighted by atomic mass is 16.5. The van der Waals surface area contributed by atoms with E-state index >= 15 is 0 Å². The van der Waals surface area contributed by atoms with Crippen LogP contribution < -0.4 is 0 Å². The fraction of sp³-hybridized carbons (Fsp3) is 0.615. The average Bonchev–Trinajstić information content (AvgIpc) is 2.87. The zero-order chi connectivity index (χ0) is 13.7. The summed E-state index contributed by atoms with van der Waals surface area (Å²) in [6.45, 7) is 4.57. The lowest BCUT2D eigenvalue weighted by Gasteiger charge is -2.31. The molecular weight excluding hydrogens is 250 g/mol. The number of rotatable bonds is 5. The molecule has 1 aliphatic rings. The molecule has 1 aromatic rings. The Balaban J connectivity index is 1.99. The molecule has 6 heteroatoms. The summed E-state index contributed by atoms with van der Waals surface area (Å²) in [5.74, 6) is 0.232. The second-order valence-electron chi connectivity index (χ2n) is 4.39. The molecule has 1 aromatic heterocycles. The molecule has 2 heterocycles. The molecule has 19 heavy (non-hydrogen) atoms. The van der Waals surface area contributed by atoms with Crippen LogP contribution in [-0.4, -0.2) is 55.0 Å². The predicted octanol–water partition coefficient (Wildman–Crippen LogP) is 0.649. The smallest absolute Gasteiger partial charge is 0.341 e. The van der Waals surface area contributed by atoms with E-state index in [9.17, 15) is 4.79 Å². The van der Waals surface area contributed by atoms with Crippen LogP contribution in [0.4, 0.5) is 0 Å². The van der Waals surface area contributed by atoms with Crippen LogP contribution in [0, 0.1) is 0 Å². The first kappa shape index (κ1) is 14.0. The number of furan rings is 1. The molecule has 1 atom stereocenters. The van der Waals surface area contributed by atoms with Crippen LogP contribution in [0.25, 0.3) is 0 Å². The highest BCUT2D eigenvalue weighted by Gasteiger charge is 2.23. The zero-order valence-corrected chi connectivity index (χ0v) is 11.0. The summed E-state index contributed by atoms with van der Waals surface area (Å²) in [5.41, 5.74) is 0.467. The van der Waals surface area contributed by atoms with Gasteiger partial charge < -0.3 is 19.0 Å². The van der Waals surface area contributed by atoms with Gasteiger partial charge >= 0.3 is 5.97 Å². The molecule has 0 radical (unpaired) electrons. The highest BCUT2D eigenvalue weighted by molar-refractivity contribution is 5.90. The van der Waals surface area contributed by atoms with Gasteiger partial charge in [0.1, 0.15) is 11.3 Å². The monoisotopic (exact) mass is 269 g/mol. The summed E-state index contributed by atoms with van der Waals surface area (Å²) >= 11 is 0. The van der Waals surface area contributed by atoms with E-state index in [0.29, 0.717) is 37.6 Å². The van der Waals surface area contributed by atoms with Gasteiger partial charge in [0.15, 0.2) is 0 Å². The van der Waals surface area contributed by atoms with Crippen LogP contribution in [0.1, 0.15) is 23.0 Å². The molecule has 106 valence electrons. The van der Waals surface area contributed by atoms with Crippen molar-refractivity contribution in [2.45, 2.75) is 19.6 Å². The molecule has 0 bridgehead atoms. The SMILES string of the molecule is CCOC(=O)c1ccoc1CN1CCOC(CO)C1. The van der Waals surface area contributed by atoms with Crippen LogP contribution in [0.2, 0.25) is 0 Å². The van der Waals surface area contributed by atoms with Crippen molar-refractivity contribution in [1.82, 2.24) is 4.90 Å². The number of hydrogen-bond acceptors (Lipinski definition) is 6. The highest BCUT2D eigenvalue weighted by Crippen LogP contribution is 2.16. The summed E-state index contributed by atoms with van der Waals surface area (Å²) in [6, 6.07) is 1.62. The summed E-state index contributed by atoms with van der Waals surface area (Å²) in [5, 5.41) is 9.10. The van der Waals surface area contributed by atoms with E-state index in [1.807, 2.05) is 0 Å². The third-order valence-corrected chi connectivity index (χ3v) is 3.03.